The number of fused-ring (bicyclic) bond motifs is 2. The Morgan fingerprint density at radius 2 is 1.96 bits per heavy atom. The Kier molecular flexibility index (Phi) is 3.61. The van der Waals surface area contributed by atoms with Crippen molar-refractivity contribution in [2.45, 2.75) is 6.92 Å². The zero-order valence-electron chi connectivity index (χ0n) is 14.6. The van der Waals surface area contributed by atoms with E-state index < -0.39 is 5.97 Å². The van der Waals surface area contributed by atoms with E-state index in [1.54, 1.807) is 36.4 Å². The van der Waals surface area contributed by atoms with Crippen LogP contribution in [-0.2, 0) is 18.8 Å². The largest absolute Gasteiger partial charge is 0.462 e. The van der Waals surface area contributed by atoms with Gasteiger partial charge in [0.2, 0.25) is 0 Å². The molecule has 3 heterocycles. The van der Waals surface area contributed by atoms with E-state index in [2.05, 4.69) is 15.0 Å². The highest BCUT2D eigenvalue weighted by Crippen LogP contribution is 2.30. The predicted molar refractivity (Wildman–Crippen MR) is 97.0 cm³/mol. The lowest BCUT2D eigenvalue weighted by molar-refractivity contribution is 0.0528. The van der Waals surface area contributed by atoms with Crippen LogP contribution in [0.1, 0.15) is 17.3 Å². The molecule has 0 aliphatic rings. The number of H-pyrrole nitrogens is 1. The van der Waals surface area contributed by atoms with Crippen LogP contribution in [0.25, 0.3) is 33.3 Å². The number of rotatable bonds is 3. The zero-order chi connectivity index (χ0) is 18.4. The minimum absolute atomic E-state index is 0.0983. The van der Waals surface area contributed by atoms with Crippen LogP contribution in [0.3, 0.4) is 0 Å². The number of nitrogens with one attached hydrogen (secondary N) is 1. The molecule has 0 amide bonds. The van der Waals surface area contributed by atoms with Crippen LogP contribution < -0.4 is 5.69 Å². The summed E-state index contributed by atoms with van der Waals surface area (Å²) in [5, 5.41) is 0.603. The van der Waals surface area contributed by atoms with Gasteiger partial charge in [-0.05, 0) is 19.1 Å². The first-order valence-corrected chi connectivity index (χ1v) is 8.18. The van der Waals surface area contributed by atoms with Crippen LogP contribution >= 0.6 is 0 Å². The summed E-state index contributed by atoms with van der Waals surface area (Å²) in [5.74, 6) is -0.428. The monoisotopic (exact) mass is 351 g/mol. The third-order valence-electron chi connectivity index (χ3n) is 4.51. The number of aromatic amines is 1. The Balaban J connectivity index is 1.98. The minimum Gasteiger partial charge on any atom is -0.462 e. The average molecular weight is 351 g/mol. The zero-order valence-corrected chi connectivity index (χ0v) is 14.6. The van der Waals surface area contributed by atoms with Gasteiger partial charge >= 0.3 is 11.7 Å². The standard InChI is InChI=1S/C18H17N5O3/c1-4-26-17(24)11-8-19-16-14(11)15(20-9-21-16)10-5-6-12-13(7-10)23(3)18(25)22(12)2/h5-9H,4H2,1-3H3,(H,19,20,21). The number of esters is 1. The van der Waals surface area contributed by atoms with Crippen molar-refractivity contribution in [3.05, 3.63) is 46.8 Å². The molecule has 0 atom stereocenters. The molecule has 0 saturated carbocycles. The number of aryl methyl sites for hydroxylation is 2. The molecular formula is C18H17N5O3. The van der Waals surface area contributed by atoms with Gasteiger partial charge in [-0.15, -0.1) is 0 Å². The summed E-state index contributed by atoms with van der Waals surface area (Å²) >= 11 is 0. The highest BCUT2D eigenvalue weighted by atomic mass is 16.5. The topological polar surface area (TPSA) is 94.8 Å². The fourth-order valence-corrected chi connectivity index (χ4v) is 3.21. The summed E-state index contributed by atoms with van der Waals surface area (Å²) in [5.41, 5.74) is 3.86. The molecule has 8 nitrogen and oxygen atoms in total. The number of hydrogen-bond donors (Lipinski definition) is 1. The summed E-state index contributed by atoms with van der Waals surface area (Å²) < 4.78 is 8.31. The fraction of sp³-hybridized carbons (Fsp3) is 0.222. The van der Waals surface area contributed by atoms with Crippen LogP contribution in [0.4, 0.5) is 0 Å². The van der Waals surface area contributed by atoms with Crippen LogP contribution in [0, 0.1) is 0 Å². The molecule has 0 unspecified atom stereocenters. The second-order valence-corrected chi connectivity index (χ2v) is 5.97. The van der Waals surface area contributed by atoms with Crippen molar-refractivity contribution < 1.29 is 9.53 Å². The van der Waals surface area contributed by atoms with Gasteiger partial charge in [0.1, 0.15) is 12.0 Å². The predicted octanol–water partition coefficient (Wildman–Crippen LogP) is 1.99. The van der Waals surface area contributed by atoms with Crippen molar-refractivity contribution in [2.24, 2.45) is 14.1 Å². The number of aromatic nitrogens is 5. The summed E-state index contributed by atoms with van der Waals surface area (Å²) in [7, 11) is 3.46. The molecule has 3 aromatic heterocycles. The molecule has 26 heavy (non-hydrogen) atoms. The van der Waals surface area contributed by atoms with Crippen molar-refractivity contribution >= 4 is 28.0 Å². The summed E-state index contributed by atoms with van der Waals surface area (Å²) in [6, 6.07) is 5.64. The molecule has 0 radical (unpaired) electrons. The Morgan fingerprint density at radius 1 is 1.19 bits per heavy atom. The van der Waals surface area contributed by atoms with Crippen LogP contribution in [0.15, 0.2) is 35.5 Å². The van der Waals surface area contributed by atoms with E-state index >= 15 is 0 Å². The smallest absolute Gasteiger partial charge is 0.340 e. The Bertz CT molecular complexity index is 1210. The normalized spacial score (nSPS) is 11.3. The second-order valence-electron chi connectivity index (χ2n) is 5.97. The van der Waals surface area contributed by atoms with Gasteiger partial charge in [-0.25, -0.2) is 19.6 Å². The van der Waals surface area contributed by atoms with Gasteiger partial charge in [0, 0.05) is 25.9 Å². The van der Waals surface area contributed by atoms with E-state index in [0.29, 0.717) is 22.3 Å². The molecule has 0 aliphatic carbocycles. The highest BCUT2D eigenvalue weighted by Gasteiger charge is 2.19. The molecular weight excluding hydrogens is 334 g/mol. The molecule has 0 fully saturated rings. The third kappa shape index (κ3) is 2.22. The fourth-order valence-electron chi connectivity index (χ4n) is 3.21. The van der Waals surface area contributed by atoms with Crippen molar-refractivity contribution in [1.82, 2.24) is 24.1 Å². The number of hydrogen-bond acceptors (Lipinski definition) is 5. The molecule has 1 aromatic carbocycles. The van der Waals surface area contributed by atoms with E-state index in [-0.39, 0.29) is 12.3 Å². The van der Waals surface area contributed by atoms with Crippen LogP contribution in [-0.4, -0.2) is 36.7 Å². The van der Waals surface area contributed by atoms with E-state index in [1.807, 2.05) is 18.2 Å². The maximum Gasteiger partial charge on any atom is 0.340 e. The Hall–Kier alpha value is -3.42. The number of nitrogens with zero attached hydrogens (tertiary/aromatic N) is 4. The highest BCUT2D eigenvalue weighted by molar-refractivity contribution is 6.08. The Morgan fingerprint density at radius 3 is 2.73 bits per heavy atom. The molecule has 8 heteroatoms. The quantitative estimate of drug-likeness (QED) is 0.570. The van der Waals surface area contributed by atoms with Crippen LogP contribution in [0.5, 0.6) is 0 Å². The number of carbonyl (C=O) groups is 1. The first-order chi connectivity index (χ1) is 12.5. The molecule has 0 aliphatic heterocycles. The first kappa shape index (κ1) is 16.1. The third-order valence-corrected chi connectivity index (χ3v) is 4.51. The Labute approximate surface area is 148 Å². The number of carbonyl (C=O) groups excluding carboxylic acids is 1. The molecule has 0 spiro atoms. The van der Waals surface area contributed by atoms with E-state index in [4.69, 9.17) is 4.74 Å². The van der Waals surface area contributed by atoms with Gasteiger partial charge in [0.05, 0.1) is 34.3 Å². The maximum atomic E-state index is 12.3. The van der Waals surface area contributed by atoms with E-state index in [1.165, 1.54) is 6.33 Å². The van der Waals surface area contributed by atoms with E-state index in [0.717, 1.165) is 16.6 Å². The van der Waals surface area contributed by atoms with Gasteiger partial charge in [0.25, 0.3) is 0 Å². The lowest BCUT2D eigenvalue weighted by atomic mass is 10.1. The lowest BCUT2D eigenvalue weighted by Gasteiger charge is -2.06. The summed E-state index contributed by atoms with van der Waals surface area (Å²) in [6.07, 6.45) is 3.02. The lowest BCUT2D eigenvalue weighted by Crippen LogP contribution is -2.19. The number of ether oxygens (including phenoxy) is 1. The summed E-state index contributed by atoms with van der Waals surface area (Å²) in [6.45, 7) is 2.04. The van der Waals surface area contributed by atoms with Crippen molar-refractivity contribution in [2.75, 3.05) is 6.61 Å². The van der Waals surface area contributed by atoms with Gasteiger partial charge in [-0.1, -0.05) is 6.07 Å². The minimum atomic E-state index is -0.428. The van der Waals surface area contributed by atoms with Gasteiger partial charge in [-0.3, -0.25) is 9.13 Å². The maximum absolute atomic E-state index is 12.3. The molecule has 1 N–H and O–H groups in total. The second kappa shape index (κ2) is 5.83. The van der Waals surface area contributed by atoms with Crippen molar-refractivity contribution in [3.8, 4) is 11.3 Å². The molecule has 0 bridgehead atoms. The van der Waals surface area contributed by atoms with Gasteiger partial charge in [0.15, 0.2) is 0 Å². The average Bonchev–Trinajstić information content (AvgIpc) is 3.18. The van der Waals surface area contributed by atoms with Gasteiger partial charge < -0.3 is 9.72 Å². The number of imidazole rings is 1. The van der Waals surface area contributed by atoms with Gasteiger partial charge in [-0.2, -0.15) is 0 Å². The SMILES string of the molecule is CCOC(=O)c1c[nH]c2ncnc(-c3ccc4c(c3)n(C)c(=O)n4C)c12. The molecule has 0 saturated heterocycles. The number of benzene rings is 1. The summed E-state index contributed by atoms with van der Waals surface area (Å²) in [4.78, 5) is 36.0. The van der Waals surface area contributed by atoms with E-state index in [9.17, 15) is 9.59 Å². The molecule has 4 aromatic rings. The molecule has 4 rings (SSSR count). The van der Waals surface area contributed by atoms with Crippen molar-refractivity contribution in [1.29, 1.82) is 0 Å². The van der Waals surface area contributed by atoms with Crippen LogP contribution in [0.2, 0.25) is 0 Å². The molecule has 132 valence electrons. The van der Waals surface area contributed by atoms with Crippen molar-refractivity contribution in [3.63, 3.8) is 0 Å². The first-order valence-electron chi connectivity index (χ1n) is 8.18.